The summed E-state index contributed by atoms with van der Waals surface area (Å²) >= 11 is 0. The fraction of sp³-hybridized carbons (Fsp3) is 0.471. The van der Waals surface area contributed by atoms with Gasteiger partial charge in [0.25, 0.3) is 0 Å². The van der Waals surface area contributed by atoms with Crippen LogP contribution in [0.25, 0.3) is 0 Å². The average Bonchev–Trinajstić information content (AvgIpc) is 2.86. The SMILES string of the molecule is Cc1cc(C)n(CC2CCN(S(=O)(=O)c3ccc(F)cc3)CC2)n1. The molecule has 1 aliphatic heterocycles. The van der Waals surface area contributed by atoms with Crippen LogP contribution in [0.15, 0.2) is 35.2 Å². The van der Waals surface area contributed by atoms with Gasteiger partial charge in [-0.15, -0.1) is 0 Å². The van der Waals surface area contributed by atoms with Crippen molar-refractivity contribution in [1.29, 1.82) is 0 Å². The lowest BCUT2D eigenvalue weighted by Crippen LogP contribution is -2.39. The van der Waals surface area contributed by atoms with Crippen molar-refractivity contribution in [1.82, 2.24) is 14.1 Å². The number of benzene rings is 1. The van der Waals surface area contributed by atoms with Crippen LogP contribution in [0.2, 0.25) is 0 Å². The molecule has 3 rings (SSSR count). The highest BCUT2D eigenvalue weighted by atomic mass is 32.2. The molecular weight excluding hydrogens is 329 g/mol. The van der Waals surface area contributed by atoms with Crippen molar-refractivity contribution in [3.05, 3.63) is 47.5 Å². The van der Waals surface area contributed by atoms with Crippen molar-refractivity contribution in [2.75, 3.05) is 13.1 Å². The first-order valence-electron chi connectivity index (χ1n) is 8.13. The minimum atomic E-state index is -3.53. The van der Waals surface area contributed by atoms with Gasteiger partial charge in [0.05, 0.1) is 10.6 Å². The second-order valence-electron chi connectivity index (χ2n) is 6.41. The van der Waals surface area contributed by atoms with E-state index < -0.39 is 15.8 Å². The van der Waals surface area contributed by atoms with Crippen LogP contribution in [0.1, 0.15) is 24.2 Å². The molecule has 0 amide bonds. The van der Waals surface area contributed by atoms with Crippen LogP contribution in [0, 0.1) is 25.6 Å². The van der Waals surface area contributed by atoms with Crippen molar-refractivity contribution in [3.63, 3.8) is 0 Å². The summed E-state index contributed by atoms with van der Waals surface area (Å²) in [6, 6.07) is 7.07. The third kappa shape index (κ3) is 3.52. The molecular formula is C17H22FN3O2S. The van der Waals surface area contributed by atoms with Gasteiger partial charge in [0.15, 0.2) is 0 Å². The quantitative estimate of drug-likeness (QED) is 0.851. The molecule has 0 bridgehead atoms. The smallest absolute Gasteiger partial charge is 0.243 e. The summed E-state index contributed by atoms with van der Waals surface area (Å²) < 4.78 is 41.7. The van der Waals surface area contributed by atoms with E-state index in [2.05, 4.69) is 5.10 Å². The molecule has 0 atom stereocenters. The molecule has 2 aromatic rings. The maximum absolute atomic E-state index is 13.0. The van der Waals surface area contributed by atoms with E-state index in [-0.39, 0.29) is 4.90 Å². The van der Waals surface area contributed by atoms with Crippen molar-refractivity contribution in [2.45, 2.75) is 38.1 Å². The summed E-state index contributed by atoms with van der Waals surface area (Å²) in [5, 5.41) is 4.48. The lowest BCUT2D eigenvalue weighted by atomic mass is 9.98. The van der Waals surface area contributed by atoms with Crippen molar-refractivity contribution in [3.8, 4) is 0 Å². The number of hydrogen-bond acceptors (Lipinski definition) is 3. The predicted molar refractivity (Wildman–Crippen MR) is 89.6 cm³/mol. The van der Waals surface area contributed by atoms with E-state index >= 15 is 0 Å². The van der Waals surface area contributed by atoms with Crippen molar-refractivity contribution < 1.29 is 12.8 Å². The van der Waals surface area contributed by atoms with E-state index in [0.717, 1.165) is 30.8 Å². The topological polar surface area (TPSA) is 55.2 Å². The van der Waals surface area contributed by atoms with Gasteiger partial charge in [-0.2, -0.15) is 9.40 Å². The molecule has 1 saturated heterocycles. The Morgan fingerprint density at radius 3 is 2.33 bits per heavy atom. The normalized spacial score (nSPS) is 17.3. The van der Waals surface area contributed by atoms with Crippen LogP contribution in [0.5, 0.6) is 0 Å². The largest absolute Gasteiger partial charge is 0.269 e. The van der Waals surface area contributed by atoms with Crippen molar-refractivity contribution >= 4 is 10.0 Å². The summed E-state index contributed by atoms with van der Waals surface area (Å²) in [5.41, 5.74) is 2.14. The zero-order valence-corrected chi connectivity index (χ0v) is 14.8. The molecule has 5 nitrogen and oxygen atoms in total. The van der Waals surface area contributed by atoms with E-state index in [9.17, 15) is 12.8 Å². The van der Waals surface area contributed by atoms with E-state index in [1.165, 1.54) is 28.6 Å². The molecule has 0 N–H and O–H groups in total. The molecule has 1 aliphatic rings. The fourth-order valence-electron chi connectivity index (χ4n) is 3.19. The van der Waals surface area contributed by atoms with E-state index in [1.807, 2.05) is 24.6 Å². The third-order valence-corrected chi connectivity index (χ3v) is 6.47. The summed E-state index contributed by atoms with van der Waals surface area (Å²) in [4.78, 5) is 0.154. The minimum Gasteiger partial charge on any atom is -0.269 e. The van der Waals surface area contributed by atoms with Crippen LogP contribution in [0.4, 0.5) is 4.39 Å². The van der Waals surface area contributed by atoms with Gasteiger partial charge < -0.3 is 0 Å². The van der Waals surface area contributed by atoms with Gasteiger partial charge >= 0.3 is 0 Å². The van der Waals surface area contributed by atoms with Gasteiger partial charge in [0.2, 0.25) is 10.0 Å². The molecule has 2 heterocycles. The van der Waals surface area contributed by atoms with E-state index in [4.69, 9.17) is 0 Å². The molecule has 1 aromatic carbocycles. The Kier molecular flexibility index (Phi) is 4.73. The number of piperidine rings is 1. The molecule has 0 radical (unpaired) electrons. The van der Waals surface area contributed by atoms with Gasteiger partial charge in [-0.05, 0) is 62.9 Å². The fourth-order valence-corrected chi connectivity index (χ4v) is 4.66. The monoisotopic (exact) mass is 351 g/mol. The molecule has 130 valence electrons. The zero-order chi connectivity index (χ0) is 17.3. The zero-order valence-electron chi connectivity index (χ0n) is 13.9. The van der Waals surface area contributed by atoms with Crippen LogP contribution >= 0.6 is 0 Å². The Morgan fingerprint density at radius 2 is 1.79 bits per heavy atom. The van der Waals surface area contributed by atoms with Crippen molar-refractivity contribution in [2.24, 2.45) is 5.92 Å². The molecule has 1 aromatic heterocycles. The summed E-state index contributed by atoms with van der Waals surface area (Å²) in [7, 11) is -3.53. The maximum Gasteiger partial charge on any atom is 0.243 e. The predicted octanol–water partition coefficient (Wildman–Crippen LogP) is 2.74. The Hall–Kier alpha value is -1.73. The highest BCUT2D eigenvalue weighted by Crippen LogP contribution is 2.25. The van der Waals surface area contributed by atoms with Crippen LogP contribution in [0.3, 0.4) is 0 Å². The standard InChI is InChI=1S/C17H22FN3O2S/c1-13-11-14(2)21(19-13)12-15-7-9-20(10-8-15)24(22,23)17-5-3-16(18)4-6-17/h3-6,11,15H,7-10,12H2,1-2H3. The Morgan fingerprint density at radius 1 is 1.17 bits per heavy atom. The van der Waals surface area contributed by atoms with Crippen LogP contribution in [-0.4, -0.2) is 35.6 Å². The Balaban J connectivity index is 1.64. The third-order valence-electron chi connectivity index (χ3n) is 4.56. The molecule has 1 fully saturated rings. The average molecular weight is 351 g/mol. The number of rotatable bonds is 4. The first-order valence-corrected chi connectivity index (χ1v) is 9.57. The molecule has 0 aliphatic carbocycles. The first kappa shape index (κ1) is 17.1. The molecule has 0 unspecified atom stereocenters. The van der Waals surface area contributed by atoms with E-state index in [0.29, 0.717) is 19.0 Å². The first-order chi connectivity index (χ1) is 11.4. The number of hydrogen-bond donors (Lipinski definition) is 0. The second kappa shape index (κ2) is 6.64. The van der Waals surface area contributed by atoms with Crippen LogP contribution in [-0.2, 0) is 16.6 Å². The maximum atomic E-state index is 13.0. The lowest BCUT2D eigenvalue weighted by molar-refractivity contribution is 0.246. The number of aryl methyl sites for hydroxylation is 2. The lowest BCUT2D eigenvalue weighted by Gasteiger charge is -2.31. The summed E-state index contributed by atoms with van der Waals surface area (Å²) in [5.74, 6) is -0.0137. The Bertz CT molecular complexity index is 807. The number of halogens is 1. The van der Waals surface area contributed by atoms with E-state index in [1.54, 1.807) is 0 Å². The molecule has 24 heavy (non-hydrogen) atoms. The highest BCUT2D eigenvalue weighted by Gasteiger charge is 2.29. The summed E-state index contributed by atoms with van der Waals surface area (Å²) in [6.07, 6.45) is 1.61. The van der Waals surface area contributed by atoms with Gasteiger partial charge in [-0.3, -0.25) is 4.68 Å². The van der Waals surface area contributed by atoms with Gasteiger partial charge in [0.1, 0.15) is 5.82 Å². The highest BCUT2D eigenvalue weighted by molar-refractivity contribution is 7.89. The van der Waals surface area contributed by atoms with Crippen LogP contribution < -0.4 is 0 Å². The van der Waals surface area contributed by atoms with Gasteiger partial charge in [0, 0.05) is 25.3 Å². The molecule has 0 saturated carbocycles. The van der Waals surface area contributed by atoms with Gasteiger partial charge in [-0.25, -0.2) is 12.8 Å². The molecule has 7 heteroatoms. The summed E-state index contributed by atoms with van der Waals surface area (Å²) in [6.45, 7) is 5.81. The number of sulfonamides is 1. The minimum absolute atomic E-state index is 0.154. The Labute approximate surface area is 142 Å². The number of aromatic nitrogens is 2. The molecule has 0 spiro atoms. The van der Waals surface area contributed by atoms with Gasteiger partial charge in [-0.1, -0.05) is 0 Å². The number of nitrogens with zero attached hydrogens (tertiary/aromatic N) is 3. The second-order valence-corrected chi connectivity index (χ2v) is 8.35.